The summed E-state index contributed by atoms with van der Waals surface area (Å²) in [5.41, 5.74) is 1.39. The number of nitro benzene ring substituents is 1. The van der Waals surface area contributed by atoms with Crippen LogP contribution in [0.4, 0.5) is 11.4 Å². The fourth-order valence-electron chi connectivity index (χ4n) is 2.23. The molecule has 0 aromatic heterocycles. The average molecular weight is 350 g/mol. The lowest BCUT2D eigenvalue weighted by molar-refractivity contribution is -0.384. The molecule has 0 amide bonds. The Hall–Kier alpha value is -2.61. The highest BCUT2D eigenvalue weighted by Gasteiger charge is 2.19. The molecule has 0 aliphatic heterocycles. The minimum atomic E-state index is -3.90. The van der Waals surface area contributed by atoms with Crippen molar-refractivity contribution in [3.8, 4) is 5.75 Å². The van der Waals surface area contributed by atoms with E-state index >= 15 is 0 Å². The maximum Gasteiger partial charge on any atom is 0.269 e. The Morgan fingerprint density at radius 1 is 1.17 bits per heavy atom. The molecule has 0 atom stereocenters. The normalized spacial score (nSPS) is 11.5. The Morgan fingerprint density at radius 2 is 1.75 bits per heavy atom. The zero-order valence-corrected chi connectivity index (χ0v) is 14.3. The van der Waals surface area contributed by atoms with Crippen LogP contribution < -0.4 is 4.72 Å². The van der Waals surface area contributed by atoms with Gasteiger partial charge in [0.05, 0.1) is 15.5 Å². The van der Waals surface area contributed by atoms with Crippen LogP contribution in [-0.2, 0) is 10.0 Å². The van der Waals surface area contributed by atoms with Gasteiger partial charge in [-0.25, -0.2) is 8.42 Å². The number of aromatic hydroxyl groups is 1. The zero-order chi connectivity index (χ0) is 18.1. The number of phenols is 1. The Labute approximate surface area is 140 Å². The third kappa shape index (κ3) is 3.65. The summed E-state index contributed by atoms with van der Waals surface area (Å²) < 4.78 is 27.5. The standard InChI is InChI=1S/C16H18N2O5S/c1-10(2)14-9-16(19)11(3)8-15(14)17-24(22,23)13-6-4-12(5-7-13)18(20)21/h4-10,17,19H,1-3H3. The van der Waals surface area contributed by atoms with Gasteiger partial charge in [-0.3, -0.25) is 14.8 Å². The summed E-state index contributed by atoms with van der Waals surface area (Å²) >= 11 is 0. The molecule has 0 saturated carbocycles. The van der Waals surface area contributed by atoms with Crippen LogP contribution in [0.1, 0.15) is 30.9 Å². The smallest absolute Gasteiger partial charge is 0.269 e. The Kier molecular flexibility index (Phi) is 4.79. The highest BCUT2D eigenvalue weighted by atomic mass is 32.2. The third-order valence-electron chi connectivity index (χ3n) is 3.59. The highest BCUT2D eigenvalue weighted by molar-refractivity contribution is 7.92. The number of nitrogens with zero attached hydrogens (tertiary/aromatic N) is 1. The maximum atomic E-state index is 12.5. The first-order valence-corrected chi connectivity index (χ1v) is 8.71. The van der Waals surface area contributed by atoms with E-state index in [1.165, 1.54) is 18.2 Å². The molecule has 0 spiro atoms. The predicted molar refractivity (Wildman–Crippen MR) is 90.8 cm³/mol. The van der Waals surface area contributed by atoms with E-state index in [1.807, 2.05) is 13.8 Å². The van der Waals surface area contributed by atoms with E-state index in [4.69, 9.17) is 0 Å². The van der Waals surface area contributed by atoms with Gasteiger partial charge in [-0.2, -0.15) is 0 Å². The summed E-state index contributed by atoms with van der Waals surface area (Å²) in [5, 5.41) is 20.5. The number of nitro groups is 1. The van der Waals surface area contributed by atoms with E-state index in [0.717, 1.165) is 12.1 Å². The van der Waals surface area contributed by atoms with Crippen LogP contribution >= 0.6 is 0 Å². The lowest BCUT2D eigenvalue weighted by Crippen LogP contribution is -2.15. The lowest BCUT2D eigenvalue weighted by atomic mass is 9.99. The van der Waals surface area contributed by atoms with Gasteiger partial charge in [-0.05, 0) is 48.2 Å². The Morgan fingerprint density at radius 3 is 2.25 bits per heavy atom. The number of sulfonamides is 1. The number of hydrogen-bond donors (Lipinski definition) is 2. The SMILES string of the molecule is Cc1cc(NS(=O)(=O)c2ccc([N+](=O)[O-])cc2)c(C(C)C)cc1O. The second kappa shape index (κ2) is 6.48. The summed E-state index contributed by atoms with van der Waals surface area (Å²) in [7, 11) is -3.90. The molecular formula is C16H18N2O5S. The number of anilines is 1. The van der Waals surface area contributed by atoms with E-state index in [1.54, 1.807) is 13.0 Å². The minimum Gasteiger partial charge on any atom is -0.508 e. The number of hydrogen-bond acceptors (Lipinski definition) is 5. The van der Waals surface area contributed by atoms with Crippen LogP contribution in [0, 0.1) is 17.0 Å². The second-order valence-corrected chi connectivity index (χ2v) is 7.42. The highest BCUT2D eigenvalue weighted by Crippen LogP contribution is 2.32. The second-order valence-electron chi connectivity index (χ2n) is 5.74. The van der Waals surface area contributed by atoms with E-state index in [0.29, 0.717) is 16.8 Å². The van der Waals surface area contributed by atoms with E-state index in [2.05, 4.69) is 4.72 Å². The molecule has 2 rings (SSSR count). The number of aryl methyl sites for hydroxylation is 1. The van der Waals surface area contributed by atoms with Crippen molar-refractivity contribution < 1.29 is 18.4 Å². The third-order valence-corrected chi connectivity index (χ3v) is 4.97. The zero-order valence-electron chi connectivity index (χ0n) is 13.5. The quantitative estimate of drug-likeness (QED) is 0.487. The fourth-order valence-corrected chi connectivity index (χ4v) is 3.31. The van der Waals surface area contributed by atoms with Crippen molar-refractivity contribution in [2.24, 2.45) is 0 Å². The number of benzene rings is 2. The van der Waals surface area contributed by atoms with Crippen LogP contribution in [0.2, 0.25) is 0 Å². The largest absolute Gasteiger partial charge is 0.508 e. The monoisotopic (exact) mass is 350 g/mol. The molecule has 0 radical (unpaired) electrons. The van der Waals surface area contributed by atoms with Crippen LogP contribution in [0.5, 0.6) is 5.75 Å². The molecule has 0 unspecified atom stereocenters. The molecule has 0 fully saturated rings. The summed E-state index contributed by atoms with van der Waals surface area (Å²) in [6.07, 6.45) is 0. The molecule has 128 valence electrons. The molecular weight excluding hydrogens is 332 g/mol. The van der Waals surface area contributed by atoms with Crippen molar-refractivity contribution in [1.29, 1.82) is 0 Å². The van der Waals surface area contributed by atoms with E-state index in [9.17, 15) is 23.6 Å². The number of nitrogens with one attached hydrogen (secondary N) is 1. The minimum absolute atomic E-state index is 0.00828. The Bertz CT molecular complexity index is 874. The first kappa shape index (κ1) is 17.7. The first-order valence-electron chi connectivity index (χ1n) is 7.22. The maximum absolute atomic E-state index is 12.5. The number of non-ortho nitro benzene ring substituents is 1. The van der Waals surface area contributed by atoms with E-state index < -0.39 is 14.9 Å². The Balaban J connectivity index is 2.42. The van der Waals surface area contributed by atoms with Gasteiger partial charge in [0.15, 0.2) is 0 Å². The van der Waals surface area contributed by atoms with Crippen molar-refractivity contribution in [3.05, 3.63) is 57.6 Å². The molecule has 2 aromatic carbocycles. The molecule has 0 aliphatic carbocycles. The van der Waals surface area contributed by atoms with Gasteiger partial charge in [-0.1, -0.05) is 13.8 Å². The molecule has 2 N–H and O–H groups in total. The fraction of sp³-hybridized carbons (Fsp3) is 0.250. The van der Waals surface area contributed by atoms with Gasteiger partial charge in [-0.15, -0.1) is 0 Å². The topological polar surface area (TPSA) is 110 Å². The van der Waals surface area contributed by atoms with Gasteiger partial charge in [0, 0.05) is 12.1 Å². The van der Waals surface area contributed by atoms with Crippen molar-refractivity contribution in [1.82, 2.24) is 0 Å². The summed E-state index contributed by atoms with van der Waals surface area (Å²) in [6, 6.07) is 7.74. The number of rotatable bonds is 5. The summed E-state index contributed by atoms with van der Waals surface area (Å²) in [5.74, 6) is 0.0862. The van der Waals surface area contributed by atoms with Crippen LogP contribution in [-0.4, -0.2) is 18.4 Å². The van der Waals surface area contributed by atoms with Crippen molar-refractivity contribution >= 4 is 21.4 Å². The lowest BCUT2D eigenvalue weighted by Gasteiger charge is -2.16. The van der Waals surface area contributed by atoms with Crippen LogP contribution in [0.25, 0.3) is 0 Å². The van der Waals surface area contributed by atoms with Gasteiger partial charge < -0.3 is 5.11 Å². The van der Waals surface area contributed by atoms with Gasteiger partial charge >= 0.3 is 0 Å². The van der Waals surface area contributed by atoms with Gasteiger partial charge in [0.25, 0.3) is 15.7 Å². The molecule has 0 saturated heterocycles. The average Bonchev–Trinajstić information content (AvgIpc) is 2.50. The first-order chi connectivity index (χ1) is 11.1. The van der Waals surface area contributed by atoms with E-state index in [-0.39, 0.29) is 22.3 Å². The summed E-state index contributed by atoms with van der Waals surface area (Å²) in [6.45, 7) is 5.44. The number of phenolic OH excluding ortho intramolecular Hbond substituents is 1. The van der Waals surface area contributed by atoms with Crippen LogP contribution in [0.15, 0.2) is 41.3 Å². The predicted octanol–water partition coefficient (Wildman–Crippen LogP) is 3.53. The van der Waals surface area contributed by atoms with Crippen molar-refractivity contribution in [2.45, 2.75) is 31.6 Å². The molecule has 24 heavy (non-hydrogen) atoms. The molecule has 7 nitrogen and oxygen atoms in total. The molecule has 0 heterocycles. The molecule has 0 aliphatic rings. The molecule has 0 bridgehead atoms. The van der Waals surface area contributed by atoms with Crippen LogP contribution in [0.3, 0.4) is 0 Å². The molecule has 2 aromatic rings. The van der Waals surface area contributed by atoms with Crippen molar-refractivity contribution in [2.75, 3.05) is 4.72 Å². The van der Waals surface area contributed by atoms with Gasteiger partial charge in [0.1, 0.15) is 5.75 Å². The molecule has 8 heteroatoms. The summed E-state index contributed by atoms with van der Waals surface area (Å²) in [4.78, 5) is 9.99. The van der Waals surface area contributed by atoms with Crippen molar-refractivity contribution in [3.63, 3.8) is 0 Å². The van der Waals surface area contributed by atoms with Gasteiger partial charge in [0.2, 0.25) is 0 Å².